The predicted molar refractivity (Wildman–Crippen MR) is 123 cm³/mol. The number of carbonyl (C=O) groups excluding carboxylic acids is 1. The number of H-pyrrole nitrogens is 1. The van der Waals surface area contributed by atoms with Crippen molar-refractivity contribution in [2.24, 2.45) is 5.11 Å². The highest BCUT2D eigenvalue weighted by molar-refractivity contribution is 6.01. The molecule has 1 aromatic carbocycles. The van der Waals surface area contributed by atoms with E-state index in [2.05, 4.69) is 44.4 Å². The monoisotopic (exact) mass is 423 g/mol. The molecule has 3 rings (SSSR count). The summed E-state index contributed by atoms with van der Waals surface area (Å²) in [4.78, 5) is 21.2. The standard InChI is InChI=1S/C22H29N7O2/c1-5-29(6-2)11-10-24-22(31)19-13(3)18(25-14(19)4)12-15-20-16(26-21(15)30)8-7-9-17(20)27-28-23/h7-9,12,21,25-26,30H,5-6,10-11H2,1-4H3,(H,24,31)/b15-12-. The largest absolute Gasteiger partial charge is 0.369 e. The molecule has 0 aliphatic carbocycles. The van der Waals surface area contributed by atoms with E-state index in [0.29, 0.717) is 34.6 Å². The average Bonchev–Trinajstić information content (AvgIpc) is 3.21. The first kappa shape index (κ1) is 22.4. The number of nitrogens with zero attached hydrogens (tertiary/aromatic N) is 4. The van der Waals surface area contributed by atoms with Crippen LogP contribution in [0.25, 0.3) is 22.1 Å². The molecule has 0 saturated carbocycles. The smallest absolute Gasteiger partial charge is 0.253 e. The van der Waals surface area contributed by atoms with Gasteiger partial charge in [-0.05, 0) is 50.2 Å². The lowest BCUT2D eigenvalue weighted by atomic mass is 10.0. The van der Waals surface area contributed by atoms with Gasteiger partial charge in [-0.1, -0.05) is 31.1 Å². The van der Waals surface area contributed by atoms with Crippen LogP contribution in [-0.4, -0.2) is 53.3 Å². The van der Waals surface area contributed by atoms with E-state index in [1.807, 2.05) is 19.9 Å². The van der Waals surface area contributed by atoms with Crippen LogP contribution in [0, 0.1) is 13.8 Å². The van der Waals surface area contributed by atoms with Crippen molar-refractivity contribution < 1.29 is 9.90 Å². The molecule has 0 saturated heterocycles. The Balaban J connectivity index is 1.89. The van der Waals surface area contributed by atoms with Crippen molar-refractivity contribution in [1.82, 2.24) is 15.2 Å². The molecule has 1 atom stereocenters. The minimum absolute atomic E-state index is 0.122. The summed E-state index contributed by atoms with van der Waals surface area (Å²) < 4.78 is 0. The molecule has 0 radical (unpaired) electrons. The molecule has 1 unspecified atom stereocenters. The topological polar surface area (TPSA) is 129 Å². The highest BCUT2D eigenvalue weighted by atomic mass is 16.3. The maximum atomic E-state index is 12.8. The lowest BCUT2D eigenvalue weighted by Crippen LogP contribution is -2.35. The molecule has 1 aliphatic rings. The Morgan fingerprint density at radius 1 is 1.35 bits per heavy atom. The van der Waals surface area contributed by atoms with Gasteiger partial charge in [0.15, 0.2) is 6.23 Å². The summed E-state index contributed by atoms with van der Waals surface area (Å²) >= 11 is 0. The lowest BCUT2D eigenvalue weighted by molar-refractivity contribution is 0.0948. The Hall–Kier alpha value is -3.26. The van der Waals surface area contributed by atoms with Gasteiger partial charge in [0.2, 0.25) is 0 Å². The van der Waals surface area contributed by atoms with Gasteiger partial charge < -0.3 is 25.6 Å². The molecule has 2 heterocycles. The Morgan fingerprint density at radius 2 is 2.10 bits per heavy atom. The van der Waals surface area contributed by atoms with Crippen molar-refractivity contribution in [2.75, 3.05) is 31.5 Å². The van der Waals surface area contributed by atoms with E-state index in [-0.39, 0.29) is 5.91 Å². The number of aromatic nitrogens is 1. The molecule has 1 aliphatic heterocycles. The first-order valence-corrected chi connectivity index (χ1v) is 10.5. The number of rotatable bonds is 8. The molecule has 1 amide bonds. The van der Waals surface area contributed by atoms with Gasteiger partial charge in [-0.15, -0.1) is 0 Å². The number of aliphatic hydroxyl groups is 1. The van der Waals surface area contributed by atoms with Crippen molar-refractivity contribution >= 4 is 28.9 Å². The molecule has 164 valence electrons. The maximum absolute atomic E-state index is 12.8. The number of carbonyl (C=O) groups is 1. The van der Waals surface area contributed by atoms with Gasteiger partial charge in [-0.2, -0.15) is 0 Å². The molecule has 9 heteroatoms. The number of benzene rings is 1. The molecular formula is C22H29N7O2. The Labute approximate surface area is 181 Å². The summed E-state index contributed by atoms with van der Waals surface area (Å²) in [6, 6.07) is 5.28. The summed E-state index contributed by atoms with van der Waals surface area (Å²) in [5, 5.41) is 20.3. The quantitative estimate of drug-likeness (QED) is 0.291. The number of aromatic amines is 1. The van der Waals surface area contributed by atoms with Crippen LogP contribution in [0.15, 0.2) is 23.3 Å². The van der Waals surface area contributed by atoms with E-state index < -0.39 is 6.23 Å². The second kappa shape index (κ2) is 9.70. The molecule has 0 fully saturated rings. The summed E-state index contributed by atoms with van der Waals surface area (Å²) in [7, 11) is 0. The normalized spacial score (nSPS) is 16.2. The van der Waals surface area contributed by atoms with E-state index >= 15 is 0 Å². The summed E-state index contributed by atoms with van der Waals surface area (Å²) in [6.45, 7) is 11.2. The maximum Gasteiger partial charge on any atom is 0.253 e. The van der Waals surface area contributed by atoms with Crippen molar-refractivity contribution in [1.29, 1.82) is 0 Å². The number of hydrogen-bond acceptors (Lipinski definition) is 5. The fourth-order valence-corrected chi connectivity index (χ4v) is 3.98. The lowest BCUT2D eigenvalue weighted by Gasteiger charge is -2.18. The van der Waals surface area contributed by atoms with Gasteiger partial charge >= 0.3 is 0 Å². The van der Waals surface area contributed by atoms with E-state index in [0.717, 1.165) is 36.6 Å². The van der Waals surface area contributed by atoms with Crippen molar-refractivity contribution in [2.45, 2.75) is 33.9 Å². The van der Waals surface area contributed by atoms with Crippen LogP contribution in [0.4, 0.5) is 11.4 Å². The SMILES string of the molecule is CCN(CC)CCNC(=O)c1c(C)[nH]c(/C=C2/c3c(N=[N+]=[N-])cccc3NC2O)c1C. The average molecular weight is 424 g/mol. The zero-order chi connectivity index (χ0) is 22.5. The molecule has 0 bridgehead atoms. The molecule has 1 aromatic heterocycles. The summed E-state index contributed by atoms with van der Waals surface area (Å²) in [6.07, 6.45) is 0.856. The van der Waals surface area contributed by atoms with Gasteiger partial charge in [0.05, 0.1) is 5.56 Å². The highest BCUT2D eigenvalue weighted by Gasteiger charge is 2.27. The van der Waals surface area contributed by atoms with Crippen LogP contribution >= 0.6 is 0 Å². The van der Waals surface area contributed by atoms with E-state index in [9.17, 15) is 9.90 Å². The van der Waals surface area contributed by atoms with Crippen molar-refractivity contribution in [3.63, 3.8) is 0 Å². The number of aryl methyl sites for hydroxylation is 1. The Bertz CT molecular complexity index is 1050. The van der Waals surface area contributed by atoms with Crippen LogP contribution < -0.4 is 10.6 Å². The Morgan fingerprint density at radius 3 is 2.77 bits per heavy atom. The first-order chi connectivity index (χ1) is 14.9. The third-order valence-corrected chi connectivity index (χ3v) is 5.68. The van der Waals surface area contributed by atoms with Crippen LogP contribution in [0.2, 0.25) is 0 Å². The number of likely N-dealkylation sites (N-methyl/N-ethyl adjacent to an activating group) is 1. The Kier molecular flexibility index (Phi) is 7.02. The molecule has 2 aromatic rings. The van der Waals surface area contributed by atoms with Crippen molar-refractivity contribution in [3.8, 4) is 0 Å². The van der Waals surface area contributed by atoms with E-state index in [1.165, 1.54) is 0 Å². The van der Waals surface area contributed by atoms with E-state index in [4.69, 9.17) is 5.53 Å². The van der Waals surface area contributed by atoms with Gasteiger partial charge in [0.1, 0.15) is 0 Å². The fraction of sp³-hybridized carbons (Fsp3) is 0.409. The third kappa shape index (κ3) is 4.59. The highest BCUT2D eigenvalue weighted by Crippen LogP contribution is 2.42. The second-order valence-corrected chi connectivity index (χ2v) is 7.48. The van der Waals surface area contributed by atoms with Crippen LogP contribution in [0.3, 0.4) is 0 Å². The predicted octanol–water partition coefficient (Wildman–Crippen LogP) is 3.93. The summed E-state index contributed by atoms with van der Waals surface area (Å²) in [5.74, 6) is -0.122. The molecule has 0 spiro atoms. The number of fused-ring (bicyclic) bond motifs is 1. The minimum Gasteiger partial charge on any atom is -0.369 e. The number of aliphatic hydroxyl groups excluding tert-OH is 1. The second-order valence-electron chi connectivity index (χ2n) is 7.48. The van der Waals surface area contributed by atoms with Crippen molar-refractivity contribution in [3.05, 3.63) is 56.7 Å². The van der Waals surface area contributed by atoms with Gasteiger partial charge in [-0.3, -0.25) is 4.79 Å². The van der Waals surface area contributed by atoms with E-state index in [1.54, 1.807) is 18.2 Å². The van der Waals surface area contributed by atoms with Crippen LogP contribution in [-0.2, 0) is 0 Å². The number of nitrogens with one attached hydrogen (secondary N) is 3. The van der Waals surface area contributed by atoms with Crippen LogP contribution in [0.1, 0.15) is 46.7 Å². The zero-order valence-electron chi connectivity index (χ0n) is 18.4. The first-order valence-electron chi connectivity index (χ1n) is 10.5. The fourth-order valence-electron chi connectivity index (χ4n) is 3.98. The minimum atomic E-state index is -0.945. The van der Waals surface area contributed by atoms with Gasteiger partial charge in [0, 0.05) is 51.9 Å². The third-order valence-electron chi connectivity index (χ3n) is 5.68. The number of anilines is 1. The molecule has 31 heavy (non-hydrogen) atoms. The molecular weight excluding hydrogens is 394 g/mol. The van der Waals surface area contributed by atoms with Gasteiger partial charge in [-0.25, -0.2) is 0 Å². The molecule has 4 N–H and O–H groups in total. The summed E-state index contributed by atoms with van der Waals surface area (Å²) in [5.41, 5.74) is 14.1. The number of amides is 1. The zero-order valence-corrected chi connectivity index (χ0v) is 18.4. The van der Waals surface area contributed by atoms with Gasteiger partial charge in [0.25, 0.3) is 5.91 Å². The van der Waals surface area contributed by atoms with Crippen LogP contribution in [0.5, 0.6) is 0 Å². The molecule has 9 nitrogen and oxygen atoms in total. The number of azide groups is 1. The number of hydrogen-bond donors (Lipinski definition) is 4.